The summed E-state index contributed by atoms with van der Waals surface area (Å²) >= 11 is 0. The van der Waals surface area contributed by atoms with E-state index in [9.17, 15) is 19.7 Å². The SMILES string of the molecule is COc1ccc([N+](=O)[O-])cc1NC(=O)C(=O)Nc1cccc2ccccc12. The molecule has 8 nitrogen and oxygen atoms in total. The van der Waals surface area contributed by atoms with Gasteiger partial charge in [-0.25, -0.2) is 0 Å². The normalized spacial score (nSPS) is 10.3. The zero-order chi connectivity index (χ0) is 19.4. The Morgan fingerprint density at radius 3 is 2.30 bits per heavy atom. The second-order valence-electron chi connectivity index (χ2n) is 5.58. The summed E-state index contributed by atoms with van der Waals surface area (Å²) < 4.78 is 5.07. The van der Waals surface area contributed by atoms with Gasteiger partial charge < -0.3 is 15.4 Å². The molecule has 0 heterocycles. The van der Waals surface area contributed by atoms with Crippen molar-refractivity contribution in [3.8, 4) is 5.75 Å². The second-order valence-corrected chi connectivity index (χ2v) is 5.58. The van der Waals surface area contributed by atoms with Gasteiger partial charge in [0.15, 0.2) is 0 Å². The Morgan fingerprint density at radius 1 is 0.926 bits per heavy atom. The molecule has 2 N–H and O–H groups in total. The number of anilines is 2. The van der Waals surface area contributed by atoms with E-state index in [1.54, 1.807) is 12.1 Å². The smallest absolute Gasteiger partial charge is 0.314 e. The number of nitro groups is 1. The van der Waals surface area contributed by atoms with Crippen molar-refractivity contribution < 1.29 is 19.2 Å². The van der Waals surface area contributed by atoms with Gasteiger partial charge in [-0.15, -0.1) is 0 Å². The van der Waals surface area contributed by atoms with Crippen LogP contribution in [0.2, 0.25) is 0 Å². The standard InChI is InChI=1S/C19H15N3O5/c1-27-17-10-9-13(22(25)26)11-16(17)21-19(24)18(23)20-15-8-4-6-12-5-2-3-7-14(12)15/h2-11H,1H3,(H,20,23)(H,21,24). The molecule has 0 aliphatic carbocycles. The highest BCUT2D eigenvalue weighted by Gasteiger charge is 2.19. The summed E-state index contributed by atoms with van der Waals surface area (Å²) in [6, 6.07) is 16.5. The Bertz CT molecular complexity index is 1040. The quantitative estimate of drug-likeness (QED) is 0.418. The van der Waals surface area contributed by atoms with Gasteiger partial charge in [0.2, 0.25) is 0 Å². The minimum Gasteiger partial charge on any atom is -0.495 e. The number of non-ortho nitro benzene ring substituents is 1. The third-order valence-corrected chi connectivity index (χ3v) is 3.89. The monoisotopic (exact) mass is 365 g/mol. The van der Waals surface area contributed by atoms with E-state index in [-0.39, 0.29) is 17.1 Å². The lowest BCUT2D eigenvalue weighted by molar-refractivity contribution is -0.384. The number of benzene rings is 3. The molecule has 0 bridgehead atoms. The van der Waals surface area contributed by atoms with Crippen LogP contribution in [0.25, 0.3) is 10.8 Å². The summed E-state index contributed by atoms with van der Waals surface area (Å²) in [6.07, 6.45) is 0. The van der Waals surface area contributed by atoms with Crippen molar-refractivity contribution in [2.45, 2.75) is 0 Å². The highest BCUT2D eigenvalue weighted by Crippen LogP contribution is 2.29. The lowest BCUT2D eigenvalue weighted by atomic mass is 10.1. The van der Waals surface area contributed by atoms with Crippen LogP contribution in [0.1, 0.15) is 0 Å². The van der Waals surface area contributed by atoms with Crippen LogP contribution in [0.5, 0.6) is 5.75 Å². The predicted molar refractivity (Wildman–Crippen MR) is 101 cm³/mol. The minimum absolute atomic E-state index is 0.0322. The van der Waals surface area contributed by atoms with Crippen LogP contribution in [0.4, 0.5) is 17.1 Å². The summed E-state index contributed by atoms with van der Waals surface area (Å²) in [4.78, 5) is 34.8. The van der Waals surface area contributed by atoms with Gasteiger partial charge in [0, 0.05) is 23.2 Å². The summed E-state index contributed by atoms with van der Waals surface area (Å²) in [5, 5.41) is 17.5. The lowest BCUT2D eigenvalue weighted by Gasteiger charge is -2.11. The number of carbonyl (C=O) groups excluding carboxylic acids is 2. The molecule has 0 aliphatic rings. The van der Waals surface area contributed by atoms with E-state index in [1.165, 1.54) is 19.2 Å². The average Bonchev–Trinajstić information content (AvgIpc) is 2.68. The van der Waals surface area contributed by atoms with Gasteiger partial charge in [-0.1, -0.05) is 36.4 Å². The van der Waals surface area contributed by atoms with E-state index in [2.05, 4.69) is 10.6 Å². The van der Waals surface area contributed by atoms with Crippen molar-refractivity contribution in [3.05, 3.63) is 70.8 Å². The number of nitrogens with zero attached hydrogens (tertiary/aromatic N) is 1. The van der Waals surface area contributed by atoms with Crippen LogP contribution in [0, 0.1) is 10.1 Å². The summed E-state index contributed by atoms with van der Waals surface area (Å²) in [7, 11) is 1.35. The first-order chi connectivity index (χ1) is 13.0. The molecule has 27 heavy (non-hydrogen) atoms. The van der Waals surface area contributed by atoms with Gasteiger partial charge in [-0.05, 0) is 17.5 Å². The first-order valence-corrected chi connectivity index (χ1v) is 7.92. The van der Waals surface area contributed by atoms with Crippen LogP contribution in [0.15, 0.2) is 60.7 Å². The first kappa shape index (κ1) is 17.9. The molecule has 0 aromatic heterocycles. The highest BCUT2D eigenvalue weighted by molar-refractivity contribution is 6.44. The van der Waals surface area contributed by atoms with Crippen molar-refractivity contribution >= 4 is 39.6 Å². The molecule has 0 fully saturated rings. The van der Waals surface area contributed by atoms with Crippen molar-refractivity contribution in [1.29, 1.82) is 0 Å². The molecular weight excluding hydrogens is 350 g/mol. The van der Waals surface area contributed by atoms with Crippen LogP contribution in [0.3, 0.4) is 0 Å². The molecule has 0 saturated heterocycles. The zero-order valence-corrected chi connectivity index (χ0v) is 14.3. The number of amides is 2. The maximum absolute atomic E-state index is 12.3. The number of carbonyl (C=O) groups is 2. The number of ether oxygens (including phenoxy) is 1. The Balaban J connectivity index is 1.81. The van der Waals surface area contributed by atoms with E-state index in [0.29, 0.717) is 5.69 Å². The van der Waals surface area contributed by atoms with Crippen LogP contribution >= 0.6 is 0 Å². The van der Waals surface area contributed by atoms with Crippen molar-refractivity contribution in [2.75, 3.05) is 17.7 Å². The van der Waals surface area contributed by atoms with Crippen molar-refractivity contribution in [1.82, 2.24) is 0 Å². The van der Waals surface area contributed by atoms with Gasteiger partial charge in [0.05, 0.1) is 17.7 Å². The Hall–Kier alpha value is -3.94. The molecule has 3 rings (SSSR count). The van der Waals surface area contributed by atoms with E-state index in [1.807, 2.05) is 30.3 Å². The number of nitro benzene ring substituents is 1. The maximum Gasteiger partial charge on any atom is 0.314 e. The maximum atomic E-state index is 12.3. The molecule has 2 amide bonds. The van der Waals surface area contributed by atoms with Crippen molar-refractivity contribution in [3.63, 3.8) is 0 Å². The molecule has 136 valence electrons. The van der Waals surface area contributed by atoms with Crippen molar-refractivity contribution in [2.24, 2.45) is 0 Å². The number of nitrogens with one attached hydrogen (secondary N) is 2. The second kappa shape index (κ2) is 7.52. The number of hydrogen-bond donors (Lipinski definition) is 2. The summed E-state index contributed by atoms with van der Waals surface area (Å²) in [6.45, 7) is 0. The van der Waals surface area contributed by atoms with Gasteiger partial charge in [0.25, 0.3) is 5.69 Å². The molecule has 8 heteroatoms. The molecule has 0 unspecified atom stereocenters. The predicted octanol–water partition coefficient (Wildman–Crippen LogP) is 3.33. The van der Waals surface area contributed by atoms with E-state index < -0.39 is 16.7 Å². The Morgan fingerprint density at radius 2 is 1.59 bits per heavy atom. The fourth-order valence-corrected chi connectivity index (χ4v) is 2.60. The topological polar surface area (TPSA) is 111 Å². The van der Waals surface area contributed by atoms with Gasteiger partial charge in [0.1, 0.15) is 5.75 Å². The number of rotatable bonds is 4. The number of methoxy groups -OCH3 is 1. The molecule has 0 saturated carbocycles. The third kappa shape index (κ3) is 3.84. The highest BCUT2D eigenvalue weighted by atomic mass is 16.6. The van der Waals surface area contributed by atoms with Crippen LogP contribution < -0.4 is 15.4 Å². The summed E-state index contributed by atoms with van der Waals surface area (Å²) in [5.74, 6) is -1.67. The number of hydrogen-bond acceptors (Lipinski definition) is 5. The fourth-order valence-electron chi connectivity index (χ4n) is 2.60. The van der Waals surface area contributed by atoms with Crippen LogP contribution in [-0.4, -0.2) is 23.8 Å². The zero-order valence-electron chi connectivity index (χ0n) is 14.3. The largest absolute Gasteiger partial charge is 0.495 e. The molecular formula is C19H15N3O5. The molecule has 0 spiro atoms. The Kier molecular flexibility index (Phi) is 4.98. The molecule has 0 aliphatic heterocycles. The third-order valence-electron chi connectivity index (χ3n) is 3.89. The van der Waals surface area contributed by atoms with E-state index in [0.717, 1.165) is 16.8 Å². The van der Waals surface area contributed by atoms with E-state index >= 15 is 0 Å². The molecule has 3 aromatic carbocycles. The summed E-state index contributed by atoms with van der Waals surface area (Å²) in [5.41, 5.74) is 0.282. The molecule has 3 aromatic rings. The van der Waals surface area contributed by atoms with Gasteiger partial charge in [-0.3, -0.25) is 19.7 Å². The lowest BCUT2D eigenvalue weighted by Crippen LogP contribution is -2.29. The fraction of sp³-hybridized carbons (Fsp3) is 0.0526. The Labute approximate surface area is 153 Å². The van der Waals surface area contributed by atoms with Gasteiger partial charge >= 0.3 is 11.8 Å². The first-order valence-electron chi connectivity index (χ1n) is 7.92. The molecule has 0 atom stereocenters. The van der Waals surface area contributed by atoms with Crippen LogP contribution in [-0.2, 0) is 9.59 Å². The number of fused-ring (bicyclic) bond motifs is 1. The molecule has 0 radical (unpaired) electrons. The van der Waals surface area contributed by atoms with Gasteiger partial charge in [-0.2, -0.15) is 0 Å². The minimum atomic E-state index is -0.971. The van der Waals surface area contributed by atoms with E-state index in [4.69, 9.17) is 4.74 Å². The average molecular weight is 365 g/mol.